The Morgan fingerprint density at radius 2 is 0.914 bits per heavy atom. The third-order valence-corrected chi connectivity index (χ3v) is 12.5. The zero-order valence-electron chi connectivity index (χ0n) is 35.8. The molecule has 0 fully saturated rings. The maximum absolute atomic E-state index is 3.31. The topological polar surface area (TPSA) is 0 Å². The van der Waals surface area contributed by atoms with Gasteiger partial charge in [-0.1, -0.05) is 175 Å². The fourth-order valence-corrected chi connectivity index (χ4v) is 9.71. The third-order valence-electron chi connectivity index (χ3n) is 11.1. The van der Waals surface area contributed by atoms with Gasteiger partial charge in [-0.05, 0) is 45.9 Å². The molecule has 289 valence electrons. The molecule has 0 aliphatic carbocycles. The minimum absolute atomic E-state index is 0. The van der Waals surface area contributed by atoms with E-state index < -0.39 is 0 Å². The van der Waals surface area contributed by atoms with Gasteiger partial charge in [0.05, 0.1) is 9.52 Å². The molecule has 0 N–H and O–H groups in total. The van der Waals surface area contributed by atoms with Gasteiger partial charge < -0.3 is 0 Å². The molecule has 8 aromatic carbocycles. The van der Waals surface area contributed by atoms with Gasteiger partial charge in [-0.15, -0.1) is 74.6 Å². The van der Waals surface area contributed by atoms with E-state index in [1.54, 1.807) is 0 Å². The molecule has 0 spiro atoms. The summed E-state index contributed by atoms with van der Waals surface area (Å²) in [6.07, 6.45) is 4.72. The molecule has 1 aliphatic heterocycles. The van der Waals surface area contributed by atoms with E-state index in [1.807, 2.05) is 6.07 Å². The van der Waals surface area contributed by atoms with Crippen molar-refractivity contribution in [1.82, 2.24) is 0 Å². The van der Waals surface area contributed by atoms with Crippen molar-refractivity contribution in [3.8, 4) is 33.4 Å². The second-order valence-corrected chi connectivity index (χ2v) is 18.9. The van der Waals surface area contributed by atoms with Crippen LogP contribution in [0.25, 0.3) is 54.9 Å². The standard InChI is InChI=1S/2C22H25.C12H7Si.Zr/c2*1-5-9-16-14-17-10-8-12-18(20(17)15-16)19-11-6-7-13-21(19)22(2,3)4;1-3-7-11-9(5-1)10-6-2-4-8-12(10)13-11;/h2*6-8,10-15H,5,9H2,1-4H3;1-7H;/q3*-1;+3. The minimum Gasteiger partial charge on any atom is -0.184 e. The van der Waals surface area contributed by atoms with E-state index in [1.165, 1.54) is 100 Å². The zero-order valence-corrected chi connectivity index (χ0v) is 39.2. The Morgan fingerprint density at radius 3 is 1.40 bits per heavy atom. The van der Waals surface area contributed by atoms with Crippen molar-refractivity contribution in [1.29, 1.82) is 0 Å². The average Bonchev–Trinajstić information content (AvgIpc) is 3.93. The SMILES string of the molecule is CCCc1cc2c(-c3ccccc3C(C)(C)C)cccc2[cH-]1.CCCc1cc2c(-c3ccccc3C(C)(C)C)cccc2[cH-]1.[Zr+3].[c-]1cccc2c1[Si]c1ccccc1-2. The van der Waals surface area contributed by atoms with Crippen LogP contribution in [0.5, 0.6) is 0 Å². The van der Waals surface area contributed by atoms with Crippen molar-refractivity contribution in [2.24, 2.45) is 0 Å². The molecule has 0 saturated heterocycles. The van der Waals surface area contributed by atoms with Gasteiger partial charge in [0.1, 0.15) is 0 Å². The summed E-state index contributed by atoms with van der Waals surface area (Å²) in [7, 11) is 0.795. The predicted molar refractivity (Wildman–Crippen MR) is 251 cm³/mol. The molecule has 1 aliphatic rings. The second-order valence-electron chi connectivity index (χ2n) is 17.6. The van der Waals surface area contributed by atoms with Crippen LogP contribution in [0.3, 0.4) is 0 Å². The summed E-state index contributed by atoms with van der Waals surface area (Å²) in [6, 6.07) is 58.7. The fraction of sp³-hybridized carbons (Fsp3) is 0.250. The molecule has 2 heteroatoms. The summed E-state index contributed by atoms with van der Waals surface area (Å²) in [6.45, 7) is 18.2. The molecular formula is C56H57SiZr. The Labute approximate surface area is 370 Å². The van der Waals surface area contributed by atoms with Crippen LogP contribution in [0.4, 0.5) is 0 Å². The Hall–Kier alpha value is -4.36. The van der Waals surface area contributed by atoms with E-state index >= 15 is 0 Å². The van der Waals surface area contributed by atoms with Crippen LogP contribution in [0, 0.1) is 6.07 Å². The maximum atomic E-state index is 3.31. The Morgan fingerprint density at radius 1 is 0.483 bits per heavy atom. The quantitative estimate of drug-likeness (QED) is 0.116. The van der Waals surface area contributed by atoms with Crippen LogP contribution >= 0.6 is 0 Å². The summed E-state index contributed by atoms with van der Waals surface area (Å²) in [5.74, 6) is 0. The Balaban J connectivity index is 0.000000150. The number of hydrogen-bond donors (Lipinski definition) is 0. The largest absolute Gasteiger partial charge is 3.00 e. The first-order valence-electron chi connectivity index (χ1n) is 20.9. The number of rotatable bonds is 6. The maximum Gasteiger partial charge on any atom is 3.00 e. The van der Waals surface area contributed by atoms with E-state index in [4.69, 9.17) is 0 Å². The number of fused-ring (bicyclic) bond motifs is 5. The van der Waals surface area contributed by atoms with Crippen LogP contribution < -0.4 is 10.4 Å². The molecular weight excluding hydrogens is 792 g/mol. The molecule has 0 nitrogen and oxygen atoms in total. The van der Waals surface area contributed by atoms with Crippen LogP contribution in [-0.2, 0) is 49.9 Å². The third kappa shape index (κ3) is 9.57. The Kier molecular flexibility index (Phi) is 13.9. The monoisotopic (exact) mass is 847 g/mol. The first-order chi connectivity index (χ1) is 27.5. The Bertz CT molecular complexity index is 2420. The molecule has 0 unspecified atom stereocenters. The average molecular weight is 849 g/mol. The molecule has 1 heterocycles. The van der Waals surface area contributed by atoms with E-state index in [-0.39, 0.29) is 37.0 Å². The molecule has 58 heavy (non-hydrogen) atoms. The number of hydrogen-bond acceptors (Lipinski definition) is 0. The van der Waals surface area contributed by atoms with E-state index in [2.05, 4.69) is 207 Å². The van der Waals surface area contributed by atoms with Crippen molar-refractivity contribution in [2.75, 3.05) is 0 Å². The number of aryl methyl sites for hydroxylation is 2. The van der Waals surface area contributed by atoms with Crippen LogP contribution in [-0.4, -0.2) is 9.52 Å². The number of benzene rings is 6. The first-order valence-corrected chi connectivity index (χ1v) is 21.9. The smallest absolute Gasteiger partial charge is 0.184 e. The van der Waals surface area contributed by atoms with Crippen molar-refractivity contribution in [3.05, 3.63) is 180 Å². The fourth-order valence-electron chi connectivity index (χ4n) is 8.40. The summed E-state index contributed by atoms with van der Waals surface area (Å²) in [5, 5.41) is 8.34. The molecule has 3 radical (unpaired) electrons. The van der Waals surface area contributed by atoms with Gasteiger partial charge >= 0.3 is 26.2 Å². The summed E-state index contributed by atoms with van der Waals surface area (Å²) in [4.78, 5) is 0. The van der Waals surface area contributed by atoms with Crippen LogP contribution in [0.2, 0.25) is 0 Å². The molecule has 0 amide bonds. The van der Waals surface area contributed by atoms with Gasteiger partial charge in [-0.25, -0.2) is 0 Å². The molecule has 0 saturated carbocycles. The zero-order chi connectivity index (χ0) is 40.2. The van der Waals surface area contributed by atoms with Crippen molar-refractivity contribution in [3.63, 3.8) is 0 Å². The van der Waals surface area contributed by atoms with E-state index in [0.717, 1.165) is 22.4 Å². The molecule has 0 aromatic heterocycles. The van der Waals surface area contributed by atoms with Crippen LogP contribution in [0.1, 0.15) is 90.5 Å². The van der Waals surface area contributed by atoms with Gasteiger partial charge in [0.15, 0.2) is 0 Å². The van der Waals surface area contributed by atoms with Crippen molar-refractivity contribution in [2.45, 2.75) is 91.9 Å². The second kappa shape index (κ2) is 18.7. The van der Waals surface area contributed by atoms with Crippen molar-refractivity contribution < 1.29 is 26.2 Å². The van der Waals surface area contributed by atoms with Crippen LogP contribution in [0.15, 0.2) is 152 Å². The predicted octanol–water partition coefficient (Wildman–Crippen LogP) is 14.1. The van der Waals surface area contributed by atoms with Gasteiger partial charge in [0, 0.05) is 0 Å². The summed E-state index contributed by atoms with van der Waals surface area (Å²) in [5.41, 5.74) is 14.3. The van der Waals surface area contributed by atoms with Gasteiger partial charge in [-0.2, -0.15) is 41.6 Å². The van der Waals surface area contributed by atoms with E-state index in [0.29, 0.717) is 0 Å². The van der Waals surface area contributed by atoms with E-state index in [9.17, 15) is 0 Å². The minimum atomic E-state index is 0. The molecule has 0 bridgehead atoms. The molecule has 9 rings (SSSR count). The van der Waals surface area contributed by atoms with Gasteiger partial charge in [0.25, 0.3) is 0 Å². The van der Waals surface area contributed by atoms with Gasteiger partial charge in [0.2, 0.25) is 0 Å². The van der Waals surface area contributed by atoms with Gasteiger partial charge in [-0.3, -0.25) is 0 Å². The van der Waals surface area contributed by atoms with Crippen molar-refractivity contribution >= 4 is 41.4 Å². The molecule has 0 atom stereocenters. The molecule has 8 aromatic rings. The summed E-state index contributed by atoms with van der Waals surface area (Å²) >= 11 is 0. The summed E-state index contributed by atoms with van der Waals surface area (Å²) < 4.78 is 0. The first kappa shape index (κ1) is 43.2. The normalized spacial score (nSPS) is 11.9.